The molecule has 1 saturated heterocycles. The fourth-order valence-electron chi connectivity index (χ4n) is 2.04. The first kappa shape index (κ1) is 15.4. The van der Waals surface area contributed by atoms with Crippen molar-refractivity contribution >= 4 is 22.4 Å². The maximum atomic E-state index is 11.9. The molecule has 1 aromatic carbocycles. The van der Waals surface area contributed by atoms with Gasteiger partial charge >= 0.3 is 0 Å². The monoisotopic (exact) mass is 290 g/mol. The van der Waals surface area contributed by atoms with Gasteiger partial charge in [-0.25, -0.2) is 13.1 Å². The predicted molar refractivity (Wildman–Crippen MR) is 75.3 cm³/mol. The Balaban J connectivity index is 0.00000162. The molecule has 1 atom stereocenters. The van der Waals surface area contributed by atoms with E-state index in [2.05, 4.69) is 10.0 Å². The van der Waals surface area contributed by atoms with E-state index in [9.17, 15) is 8.42 Å². The van der Waals surface area contributed by atoms with Gasteiger partial charge in [-0.3, -0.25) is 0 Å². The summed E-state index contributed by atoms with van der Waals surface area (Å²) < 4.78 is 26.6. The fourth-order valence-corrected chi connectivity index (χ4v) is 3.47. The van der Waals surface area contributed by atoms with Crippen molar-refractivity contribution in [3.8, 4) is 0 Å². The van der Waals surface area contributed by atoms with Crippen LogP contribution in [0.25, 0.3) is 0 Å². The van der Waals surface area contributed by atoms with E-state index in [-0.39, 0.29) is 24.2 Å². The van der Waals surface area contributed by atoms with Crippen LogP contribution in [0.3, 0.4) is 0 Å². The summed E-state index contributed by atoms with van der Waals surface area (Å²) in [7, 11) is -3.22. The average molecular weight is 291 g/mol. The van der Waals surface area contributed by atoms with Crippen molar-refractivity contribution in [1.29, 1.82) is 0 Å². The molecule has 1 unspecified atom stereocenters. The van der Waals surface area contributed by atoms with Gasteiger partial charge in [-0.1, -0.05) is 30.3 Å². The Morgan fingerprint density at radius 2 is 2.00 bits per heavy atom. The second-order valence-electron chi connectivity index (χ2n) is 4.41. The number of nitrogens with one attached hydrogen (secondary N) is 2. The summed E-state index contributed by atoms with van der Waals surface area (Å²) in [6, 6.07) is 9.29. The summed E-state index contributed by atoms with van der Waals surface area (Å²) in [6.45, 7) is 1.71. The lowest BCUT2D eigenvalue weighted by Crippen LogP contribution is -2.45. The van der Waals surface area contributed by atoms with Crippen molar-refractivity contribution in [2.24, 2.45) is 0 Å². The third kappa shape index (κ3) is 4.94. The van der Waals surface area contributed by atoms with Crippen LogP contribution in [0.2, 0.25) is 0 Å². The highest BCUT2D eigenvalue weighted by atomic mass is 35.5. The van der Waals surface area contributed by atoms with Crippen LogP contribution in [-0.2, 0) is 15.8 Å². The molecule has 6 heteroatoms. The van der Waals surface area contributed by atoms with Crippen LogP contribution in [-0.4, -0.2) is 27.5 Å². The first-order valence-electron chi connectivity index (χ1n) is 5.90. The molecule has 1 aliphatic heterocycles. The topological polar surface area (TPSA) is 58.2 Å². The molecule has 18 heavy (non-hydrogen) atoms. The lowest BCUT2D eigenvalue weighted by molar-refractivity contribution is 0.428. The Hall–Kier alpha value is -0.620. The molecule has 1 aliphatic rings. The largest absolute Gasteiger partial charge is 0.315 e. The van der Waals surface area contributed by atoms with Crippen LogP contribution >= 0.6 is 12.4 Å². The molecule has 0 amide bonds. The lowest BCUT2D eigenvalue weighted by Gasteiger charge is -2.23. The van der Waals surface area contributed by atoms with Gasteiger partial charge in [0.05, 0.1) is 5.75 Å². The molecule has 0 aliphatic carbocycles. The van der Waals surface area contributed by atoms with Crippen LogP contribution in [0.4, 0.5) is 0 Å². The zero-order valence-electron chi connectivity index (χ0n) is 10.1. The van der Waals surface area contributed by atoms with Crippen molar-refractivity contribution in [2.75, 3.05) is 13.1 Å². The van der Waals surface area contributed by atoms with E-state index in [4.69, 9.17) is 0 Å². The third-order valence-electron chi connectivity index (χ3n) is 2.84. The molecule has 2 rings (SSSR count). The zero-order valence-corrected chi connectivity index (χ0v) is 11.8. The van der Waals surface area contributed by atoms with E-state index < -0.39 is 10.0 Å². The minimum atomic E-state index is -3.22. The van der Waals surface area contributed by atoms with Crippen LogP contribution in [0.15, 0.2) is 30.3 Å². The second-order valence-corrected chi connectivity index (χ2v) is 6.16. The normalized spacial score (nSPS) is 20.1. The van der Waals surface area contributed by atoms with Crippen molar-refractivity contribution in [3.05, 3.63) is 35.9 Å². The lowest BCUT2D eigenvalue weighted by atomic mass is 10.1. The van der Waals surface area contributed by atoms with Gasteiger partial charge in [0.2, 0.25) is 10.0 Å². The molecule has 2 N–H and O–H groups in total. The molecule has 102 valence electrons. The molecule has 0 radical (unpaired) electrons. The van der Waals surface area contributed by atoms with Crippen molar-refractivity contribution in [1.82, 2.24) is 10.0 Å². The molecular formula is C12H19ClN2O2S. The summed E-state index contributed by atoms with van der Waals surface area (Å²) in [5.74, 6) is 0.0599. The number of halogens is 1. The van der Waals surface area contributed by atoms with Gasteiger partial charge in [0.15, 0.2) is 0 Å². The highest BCUT2D eigenvalue weighted by Gasteiger charge is 2.19. The number of sulfonamides is 1. The SMILES string of the molecule is Cl.O=S(=O)(Cc1ccccc1)NC1CCCNC1. The minimum Gasteiger partial charge on any atom is -0.315 e. The van der Waals surface area contributed by atoms with Gasteiger partial charge in [0, 0.05) is 12.6 Å². The third-order valence-corrected chi connectivity index (χ3v) is 4.25. The molecule has 1 fully saturated rings. The van der Waals surface area contributed by atoms with Gasteiger partial charge < -0.3 is 5.32 Å². The van der Waals surface area contributed by atoms with Gasteiger partial charge in [-0.05, 0) is 24.9 Å². The molecule has 1 aromatic rings. The molecule has 4 nitrogen and oxygen atoms in total. The summed E-state index contributed by atoms with van der Waals surface area (Å²) in [5.41, 5.74) is 0.823. The summed E-state index contributed by atoms with van der Waals surface area (Å²) in [5, 5.41) is 3.19. The van der Waals surface area contributed by atoms with Crippen molar-refractivity contribution < 1.29 is 8.42 Å². The van der Waals surface area contributed by atoms with Crippen LogP contribution in [0.1, 0.15) is 18.4 Å². The van der Waals surface area contributed by atoms with E-state index >= 15 is 0 Å². The Bertz CT molecular complexity index is 444. The summed E-state index contributed by atoms with van der Waals surface area (Å²) >= 11 is 0. The standard InChI is InChI=1S/C12H18N2O2S.ClH/c15-17(16,10-11-5-2-1-3-6-11)14-12-7-4-8-13-9-12;/h1-3,5-6,12-14H,4,7-10H2;1H. The summed E-state index contributed by atoms with van der Waals surface area (Å²) in [6.07, 6.45) is 1.94. The zero-order chi connectivity index (χ0) is 12.1. The Morgan fingerprint density at radius 1 is 1.28 bits per heavy atom. The van der Waals surface area contributed by atoms with Crippen LogP contribution in [0, 0.1) is 0 Å². The van der Waals surface area contributed by atoms with E-state index in [1.165, 1.54) is 0 Å². The van der Waals surface area contributed by atoms with Crippen molar-refractivity contribution in [2.45, 2.75) is 24.6 Å². The first-order valence-corrected chi connectivity index (χ1v) is 7.55. The minimum absolute atomic E-state index is 0. The highest BCUT2D eigenvalue weighted by molar-refractivity contribution is 7.88. The molecule has 1 heterocycles. The average Bonchev–Trinajstić information content (AvgIpc) is 2.30. The van der Waals surface area contributed by atoms with Gasteiger partial charge in [-0.2, -0.15) is 0 Å². The molecule has 0 spiro atoms. The van der Waals surface area contributed by atoms with Gasteiger partial charge in [0.1, 0.15) is 0 Å². The molecule has 0 bridgehead atoms. The second kappa shape index (κ2) is 7.09. The van der Waals surface area contributed by atoms with Gasteiger partial charge in [-0.15, -0.1) is 12.4 Å². The number of piperidine rings is 1. The Kier molecular flexibility index (Phi) is 6.08. The number of hydrogen-bond acceptors (Lipinski definition) is 3. The fraction of sp³-hybridized carbons (Fsp3) is 0.500. The van der Waals surface area contributed by atoms with Crippen LogP contribution < -0.4 is 10.0 Å². The quantitative estimate of drug-likeness (QED) is 0.878. The van der Waals surface area contributed by atoms with E-state index in [0.29, 0.717) is 0 Å². The number of benzene rings is 1. The first-order chi connectivity index (χ1) is 8.16. The maximum absolute atomic E-state index is 11.9. The summed E-state index contributed by atoms with van der Waals surface area (Å²) in [4.78, 5) is 0. The van der Waals surface area contributed by atoms with E-state index in [1.807, 2.05) is 30.3 Å². The molecule has 0 saturated carbocycles. The Morgan fingerprint density at radius 3 is 2.61 bits per heavy atom. The Labute approximate surface area is 115 Å². The number of hydrogen-bond donors (Lipinski definition) is 2. The van der Waals surface area contributed by atoms with Gasteiger partial charge in [0.25, 0.3) is 0 Å². The molecular weight excluding hydrogens is 272 g/mol. The predicted octanol–water partition coefficient (Wildman–Crippen LogP) is 1.28. The highest BCUT2D eigenvalue weighted by Crippen LogP contribution is 2.07. The van der Waals surface area contributed by atoms with Crippen molar-refractivity contribution in [3.63, 3.8) is 0 Å². The number of rotatable bonds is 4. The van der Waals surface area contributed by atoms with E-state index in [1.54, 1.807) is 0 Å². The maximum Gasteiger partial charge on any atom is 0.216 e. The molecule has 0 aromatic heterocycles. The van der Waals surface area contributed by atoms with Crippen LogP contribution in [0.5, 0.6) is 0 Å². The van der Waals surface area contributed by atoms with E-state index in [0.717, 1.165) is 31.5 Å². The smallest absolute Gasteiger partial charge is 0.216 e.